The third kappa shape index (κ3) is 13.7. The predicted octanol–water partition coefficient (Wildman–Crippen LogP) is 7.17. The molecule has 1 aliphatic rings. The van der Waals surface area contributed by atoms with Crippen molar-refractivity contribution in [1.29, 1.82) is 0 Å². The van der Waals surface area contributed by atoms with E-state index < -0.39 is 10.1 Å². The fourth-order valence-electron chi connectivity index (χ4n) is 6.16. The molecule has 42 heavy (non-hydrogen) atoms. The number of anilines is 2. The Kier molecular flexibility index (Phi) is 19.1. The largest absolute Gasteiger partial charge is 1.00 e. The van der Waals surface area contributed by atoms with Gasteiger partial charge in [-0.15, -0.1) is 0 Å². The van der Waals surface area contributed by atoms with Gasteiger partial charge in [0.2, 0.25) is 0 Å². The third-order valence-electron chi connectivity index (χ3n) is 8.53. The third-order valence-corrected chi connectivity index (χ3v) is 9.40. The van der Waals surface area contributed by atoms with Gasteiger partial charge in [0.05, 0.1) is 22.4 Å². The maximum absolute atomic E-state index is 12.0. The van der Waals surface area contributed by atoms with Crippen molar-refractivity contribution < 1.29 is 42.5 Å². The molecule has 0 aliphatic carbocycles. The van der Waals surface area contributed by atoms with E-state index in [2.05, 4.69) is 17.1 Å². The first kappa shape index (κ1) is 37.1. The summed E-state index contributed by atoms with van der Waals surface area (Å²) < 4.78 is 36.1. The summed E-state index contributed by atoms with van der Waals surface area (Å²) in [7, 11) is -4.56. The minimum Gasteiger partial charge on any atom is -0.744 e. The number of hydrogen-bond acceptors (Lipinski definition) is 5. The maximum atomic E-state index is 12.0. The molecule has 5 nitrogen and oxygen atoms in total. The van der Waals surface area contributed by atoms with E-state index in [1.54, 1.807) is 6.07 Å². The number of fused-ring (bicyclic) bond motifs is 1. The number of nitrogens with one attached hydrogen (secondary N) is 1. The second-order valence-electron chi connectivity index (χ2n) is 12.0. The average Bonchev–Trinajstić information content (AvgIpc) is 3.31. The van der Waals surface area contributed by atoms with E-state index >= 15 is 0 Å². The number of hydrogen-bond donors (Lipinski definition) is 1. The number of unbranched alkanes of at least 4 members (excludes halogenated alkanes) is 18. The molecule has 0 fully saturated rings. The zero-order chi connectivity index (χ0) is 29.2. The van der Waals surface area contributed by atoms with Gasteiger partial charge >= 0.3 is 29.6 Å². The Morgan fingerprint density at radius 2 is 1.14 bits per heavy atom. The Morgan fingerprint density at radius 3 is 1.62 bits per heavy atom. The monoisotopic (exact) mass is 606 g/mol. The Labute approximate surface area is 279 Å². The number of benzene rings is 2. The van der Waals surface area contributed by atoms with Gasteiger partial charge in [-0.25, -0.2) is 8.42 Å². The van der Waals surface area contributed by atoms with E-state index in [9.17, 15) is 13.0 Å². The standard InChI is InChI=1S/C35H56N2O3S.Na/c1-2-3-4-5-6-7-8-9-10-11-12-13-14-15-16-17-18-19-23-29-34-36-32-27-24-28-33(41(38,39)40)35(32)37(34)30-31-25-21-20-22-26-31;/h20-22,24-28,34,36H,2-19,23,29-30H2,1H3,(H,38,39,40);/q;+1/p-1. The molecule has 0 saturated carbocycles. The molecule has 230 valence electrons. The second-order valence-corrected chi connectivity index (χ2v) is 13.4. The van der Waals surface area contributed by atoms with Crippen LogP contribution in [-0.2, 0) is 16.7 Å². The zero-order valence-corrected chi connectivity index (χ0v) is 29.4. The van der Waals surface area contributed by atoms with E-state index in [0.29, 0.717) is 12.2 Å². The van der Waals surface area contributed by atoms with Crippen LogP contribution in [0.4, 0.5) is 11.4 Å². The smallest absolute Gasteiger partial charge is 0.744 e. The molecule has 2 aromatic rings. The Balaban J connectivity index is 0.00000616. The van der Waals surface area contributed by atoms with E-state index in [4.69, 9.17) is 0 Å². The summed E-state index contributed by atoms with van der Waals surface area (Å²) in [6.45, 7) is 2.85. The van der Waals surface area contributed by atoms with Gasteiger partial charge in [0.1, 0.15) is 10.1 Å². The van der Waals surface area contributed by atoms with Gasteiger partial charge in [-0.05, 0) is 30.5 Å². The number of para-hydroxylation sites is 1. The Morgan fingerprint density at radius 1 is 0.667 bits per heavy atom. The maximum Gasteiger partial charge on any atom is 1.00 e. The summed E-state index contributed by atoms with van der Waals surface area (Å²) in [5, 5.41) is 3.50. The normalized spacial score (nSPS) is 14.4. The van der Waals surface area contributed by atoms with Gasteiger partial charge in [-0.1, -0.05) is 159 Å². The molecule has 0 radical (unpaired) electrons. The van der Waals surface area contributed by atoms with Crippen molar-refractivity contribution in [2.45, 2.75) is 153 Å². The van der Waals surface area contributed by atoms with Crippen LogP contribution < -0.4 is 39.8 Å². The Hall–Kier alpha value is -1.05. The molecule has 1 N–H and O–H groups in total. The summed E-state index contributed by atoms with van der Waals surface area (Å²) in [6.07, 6.45) is 26.8. The van der Waals surface area contributed by atoms with Crippen molar-refractivity contribution in [3.63, 3.8) is 0 Å². The van der Waals surface area contributed by atoms with E-state index in [0.717, 1.165) is 24.1 Å². The van der Waals surface area contributed by atoms with Crippen molar-refractivity contribution in [2.24, 2.45) is 0 Å². The van der Waals surface area contributed by atoms with Gasteiger partial charge in [0.25, 0.3) is 0 Å². The second kappa shape index (κ2) is 21.6. The summed E-state index contributed by atoms with van der Waals surface area (Å²) in [6, 6.07) is 15.0. The van der Waals surface area contributed by atoms with Crippen LogP contribution in [0.25, 0.3) is 0 Å². The van der Waals surface area contributed by atoms with Crippen LogP contribution in [0.1, 0.15) is 141 Å². The van der Waals surface area contributed by atoms with E-state index in [1.807, 2.05) is 36.4 Å². The van der Waals surface area contributed by atoms with Gasteiger partial charge in [0, 0.05) is 6.54 Å². The zero-order valence-electron chi connectivity index (χ0n) is 26.6. The molecule has 7 heteroatoms. The Bertz CT molecular complexity index is 1080. The van der Waals surface area contributed by atoms with Crippen LogP contribution in [0.3, 0.4) is 0 Å². The molecule has 2 aromatic carbocycles. The fourth-order valence-corrected chi connectivity index (χ4v) is 6.87. The predicted molar refractivity (Wildman–Crippen MR) is 172 cm³/mol. The van der Waals surface area contributed by atoms with Crippen molar-refractivity contribution in [3.05, 3.63) is 54.1 Å². The SMILES string of the molecule is CCCCCCCCCCCCCCCCCCCCCC1Nc2cccc(S(=O)(=O)[O-])c2N1Cc1ccccc1.[Na+]. The van der Waals surface area contributed by atoms with Gasteiger partial charge in [-0.2, -0.15) is 0 Å². The molecule has 0 spiro atoms. The first-order valence-electron chi connectivity index (χ1n) is 16.7. The first-order chi connectivity index (χ1) is 20.0. The van der Waals surface area contributed by atoms with Crippen molar-refractivity contribution in [2.75, 3.05) is 10.2 Å². The summed E-state index contributed by atoms with van der Waals surface area (Å²) >= 11 is 0. The molecule has 0 bridgehead atoms. The molecule has 1 aliphatic heterocycles. The molecule has 1 unspecified atom stereocenters. The van der Waals surface area contributed by atoms with Crippen molar-refractivity contribution >= 4 is 21.5 Å². The van der Waals surface area contributed by atoms with Crippen molar-refractivity contribution in [3.8, 4) is 0 Å². The number of rotatable bonds is 23. The van der Waals surface area contributed by atoms with Gasteiger partial charge in [-0.3, -0.25) is 0 Å². The molecule has 1 atom stereocenters. The molecule has 3 rings (SSSR count). The average molecular weight is 607 g/mol. The molecule has 0 saturated heterocycles. The molecule has 1 heterocycles. The first-order valence-corrected chi connectivity index (χ1v) is 18.1. The quantitative estimate of drug-likeness (QED) is 0.0825. The van der Waals surface area contributed by atoms with Crippen LogP contribution >= 0.6 is 0 Å². The summed E-state index contributed by atoms with van der Waals surface area (Å²) in [5.74, 6) is 0. The molecular formula is C35H55N2NaO3S. The summed E-state index contributed by atoms with van der Waals surface area (Å²) in [5.41, 5.74) is 2.35. The molecular weight excluding hydrogens is 551 g/mol. The molecule has 0 amide bonds. The summed E-state index contributed by atoms with van der Waals surface area (Å²) in [4.78, 5) is 1.94. The van der Waals surface area contributed by atoms with Crippen LogP contribution in [0.2, 0.25) is 0 Å². The van der Waals surface area contributed by atoms with Crippen LogP contribution in [-0.4, -0.2) is 19.1 Å². The van der Waals surface area contributed by atoms with Crippen molar-refractivity contribution in [1.82, 2.24) is 0 Å². The topological polar surface area (TPSA) is 72.5 Å². The van der Waals surface area contributed by atoms with Crippen LogP contribution in [0.5, 0.6) is 0 Å². The van der Waals surface area contributed by atoms with E-state index in [-0.39, 0.29) is 40.6 Å². The molecule has 0 aromatic heterocycles. The number of nitrogens with zero attached hydrogens (tertiary/aromatic N) is 1. The van der Waals surface area contributed by atoms with Gasteiger partial charge in [0.15, 0.2) is 0 Å². The van der Waals surface area contributed by atoms with Crippen LogP contribution in [0.15, 0.2) is 53.4 Å². The van der Waals surface area contributed by atoms with E-state index in [1.165, 1.54) is 122 Å². The fraction of sp³-hybridized carbons (Fsp3) is 0.657. The van der Waals surface area contributed by atoms with Gasteiger partial charge < -0.3 is 14.8 Å². The minimum atomic E-state index is -4.56. The minimum absolute atomic E-state index is 0. The van der Waals surface area contributed by atoms with Crippen LogP contribution in [0, 0.1) is 0 Å².